The predicted octanol–water partition coefficient (Wildman–Crippen LogP) is 2.29. The number of rotatable bonds is 5. The quantitative estimate of drug-likeness (QED) is 0.858. The van der Waals surface area contributed by atoms with Crippen LogP contribution in [0, 0.1) is 0 Å². The second kappa shape index (κ2) is 9.69. The first-order valence-corrected chi connectivity index (χ1v) is 10.0. The zero-order valence-electron chi connectivity index (χ0n) is 16.1. The number of carbonyl (C=O) groups excluding carboxylic acids is 2. The lowest BCUT2D eigenvalue weighted by Crippen LogP contribution is -2.56. The summed E-state index contributed by atoms with van der Waals surface area (Å²) in [6.45, 7) is 5.47. The second-order valence-electron chi connectivity index (χ2n) is 7.22. The third-order valence-electron chi connectivity index (χ3n) is 5.37. The number of amides is 3. The van der Waals surface area contributed by atoms with Crippen molar-refractivity contribution in [1.29, 1.82) is 0 Å². The smallest absolute Gasteiger partial charge is 0.317 e. The standard InChI is InChI=1S/C20H30N4O3/c1-2-10-22-20(26)24(17-8-14-27-15-9-17)16-6-12-23(13-7-16)19(25)18-5-3-4-11-21-18/h3-5,11,16-17H,2,6-10,12-15H2,1H3,(H,22,26). The molecule has 0 unspecified atom stereocenters. The van der Waals surface area contributed by atoms with Gasteiger partial charge in [-0.15, -0.1) is 0 Å². The van der Waals surface area contributed by atoms with Crippen LogP contribution in [-0.2, 0) is 4.74 Å². The number of pyridine rings is 1. The van der Waals surface area contributed by atoms with E-state index in [0.29, 0.717) is 38.5 Å². The molecule has 3 heterocycles. The van der Waals surface area contributed by atoms with Gasteiger partial charge in [-0.2, -0.15) is 0 Å². The van der Waals surface area contributed by atoms with E-state index in [9.17, 15) is 9.59 Å². The van der Waals surface area contributed by atoms with Crippen LogP contribution in [0.25, 0.3) is 0 Å². The third kappa shape index (κ3) is 4.97. The summed E-state index contributed by atoms with van der Waals surface area (Å²) in [7, 11) is 0. The molecule has 0 atom stereocenters. The van der Waals surface area contributed by atoms with Crippen LogP contribution in [0.15, 0.2) is 24.4 Å². The highest BCUT2D eigenvalue weighted by Gasteiger charge is 2.35. The SMILES string of the molecule is CCCNC(=O)N(C1CCOCC1)C1CCN(C(=O)c2ccccn2)CC1. The van der Waals surface area contributed by atoms with Gasteiger partial charge in [0.1, 0.15) is 5.69 Å². The van der Waals surface area contributed by atoms with E-state index in [1.165, 1.54) is 0 Å². The van der Waals surface area contributed by atoms with Crippen molar-refractivity contribution < 1.29 is 14.3 Å². The molecule has 2 aliphatic heterocycles. The molecule has 1 N–H and O–H groups in total. The second-order valence-corrected chi connectivity index (χ2v) is 7.22. The van der Waals surface area contributed by atoms with Gasteiger partial charge in [0.25, 0.3) is 5.91 Å². The molecule has 1 aromatic heterocycles. The lowest BCUT2D eigenvalue weighted by Gasteiger charge is -2.43. The number of aromatic nitrogens is 1. The van der Waals surface area contributed by atoms with Gasteiger partial charge in [0.2, 0.25) is 0 Å². The fraction of sp³-hybridized carbons (Fsp3) is 0.650. The van der Waals surface area contributed by atoms with Crippen molar-refractivity contribution in [2.75, 3.05) is 32.8 Å². The first-order chi connectivity index (χ1) is 13.2. The topological polar surface area (TPSA) is 74.8 Å². The van der Waals surface area contributed by atoms with Crippen molar-refractivity contribution in [3.05, 3.63) is 30.1 Å². The average Bonchev–Trinajstić information content (AvgIpc) is 2.74. The largest absolute Gasteiger partial charge is 0.381 e. The molecule has 7 nitrogen and oxygen atoms in total. The average molecular weight is 374 g/mol. The Bertz CT molecular complexity index is 611. The minimum atomic E-state index is -0.0258. The van der Waals surface area contributed by atoms with Gasteiger partial charge in [-0.3, -0.25) is 9.78 Å². The third-order valence-corrected chi connectivity index (χ3v) is 5.37. The Balaban J connectivity index is 1.63. The Labute approximate surface area is 161 Å². The molecule has 1 aromatic rings. The molecule has 0 bridgehead atoms. The van der Waals surface area contributed by atoms with E-state index in [4.69, 9.17) is 4.74 Å². The fourth-order valence-electron chi connectivity index (χ4n) is 3.91. The number of hydrogen-bond donors (Lipinski definition) is 1. The first kappa shape index (κ1) is 19.6. The van der Waals surface area contributed by atoms with Crippen molar-refractivity contribution in [2.45, 2.75) is 51.1 Å². The van der Waals surface area contributed by atoms with E-state index in [-0.39, 0.29) is 24.0 Å². The van der Waals surface area contributed by atoms with Crippen molar-refractivity contribution in [3.8, 4) is 0 Å². The van der Waals surface area contributed by atoms with Gasteiger partial charge in [-0.25, -0.2) is 4.79 Å². The number of likely N-dealkylation sites (tertiary alicyclic amines) is 1. The van der Waals surface area contributed by atoms with E-state index in [1.54, 1.807) is 12.3 Å². The summed E-state index contributed by atoms with van der Waals surface area (Å²) in [5.41, 5.74) is 0.484. The van der Waals surface area contributed by atoms with Crippen molar-refractivity contribution in [2.24, 2.45) is 0 Å². The molecule has 7 heteroatoms. The summed E-state index contributed by atoms with van der Waals surface area (Å²) in [5, 5.41) is 3.04. The summed E-state index contributed by atoms with van der Waals surface area (Å²) in [4.78, 5) is 33.5. The number of ether oxygens (including phenoxy) is 1. The van der Waals surface area contributed by atoms with Crippen molar-refractivity contribution in [1.82, 2.24) is 20.1 Å². The number of nitrogens with one attached hydrogen (secondary N) is 1. The van der Waals surface area contributed by atoms with Crippen LogP contribution < -0.4 is 5.32 Å². The maximum Gasteiger partial charge on any atom is 0.317 e. The van der Waals surface area contributed by atoms with Gasteiger partial charge in [-0.1, -0.05) is 13.0 Å². The van der Waals surface area contributed by atoms with Crippen LogP contribution >= 0.6 is 0 Å². The highest BCUT2D eigenvalue weighted by atomic mass is 16.5. The Morgan fingerprint density at radius 2 is 1.89 bits per heavy atom. The number of urea groups is 1. The lowest BCUT2D eigenvalue weighted by atomic mass is 9.98. The van der Waals surface area contributed by atoms with Crippen LogP contribution in [0.1, 0.15) is 49.5 Å². The molecular weight excluding hydrogens is 344 g/mol. The molecule has 27 heavy (non-hydrogen) atoms. The summed E-state index contributed by atoms with van der Waals surface area (Å²) in [5.74, 6) is -0.0258. The summed E-state index contributed by atoms with van der Waals surface area (Å²) < 4.78 is 5.48. The Morgan fingerprint density at radius 1 is 1.19 bits per heavy atom. The maximum absolute atomic E-state index is 12.8. The van der Waals surface area contributed by atoms with E-state index in [0.717, 1.165) is 32.1 Å². The summed E-state index contributed by atoms with van der Waals surface area (Å²) in [6, 6.07) is 5.80. The molecule has 2 saturated heterocycles. The van der Waals surface area contributed by atoms with Gasteiger partial charge in [-0.05, 0) is 44.2 Å². The molecule has 0 spiro atoms. The van der Waals surface area contributed by atoms with E-state index < -0.39 is 0 Å². The first-order valence-electron chi connectivity index (χ1n) is 10.0. The van der Waals surface area contributed by atoms with Crippen LogP contribution in [0.5, 0.6) is 0 Å². The Morgan fingerprint density at radius 3 is 2.52 bits per heavy atom. The molecule has 3 amide bonds. The molecule has 0 saturated carbocycles. The van der Waals surface area contributed by atoms with E-state index in [1.807, 2.05) is 21.9 Å². The molecule has 2 aliphatic rings. The van der Waals surface area contributed by atoms with Gasteiger partial charge in [0.05, 0.1) is 0 Å². The number of hydrogen-bond acceptors (Lipinski definition) is 4. The molecule has 148 valence electrons. The van der Waals surface area contributed by atoms with Gasteiger partial charge >= 0.3 is 6.03 Å². The maximum atomic E-state index is 12.8. The highest BCUT2D eigenvalue weighted by molar-refractivity contribution is 5.92. The number of piperidine rings is 1. The van der Waals surface area contributed by atoms with Crippen LogP contribution in [0.3, 0.4) is 0 Å². The minimum Gasteiger partial charge on any atom is -0.381 e. The van der Waals surface area contributed by atoms with Crippen molar-refractivity contribution >= 4 is 11.9 Å². The number of carbonyl (C=O) groups is 2. The van der Waals surface area contributed by atoms with E-state index in [2.05, 4.69) is 17.2 Å². The number of nitrogens with zero attached hydrogens (tertiary/aromatic N) is 3. The predicted molar refractivity (Wildman–Crippen MR) is 103 cm³/mol. The van der Waals surface area contributed by atoms with Gasteiger partial charge in [0, 0.05) is 51.1 Å². The minimum absolute atomic E-state index is 0.0258. The van der Waals surface area contributed by atoms with Gasteiger partial charge < -0.3 is 19.9 Å². The molecule has 3 rings (SSSR count). The Hall–Kier alpha value is -2.15. The zero-order valence-corrected chi connectivity index (χ0v) is 16.1. The zero-order chi connectivity index (χ0) is 19.1. The molecule has 0 aliphatic carbocycles. The van der Waals surface area contributed by atoms with Gasteiger partial charge in [0.15, 0.2) is 0 Å². The fourth-order valence-corrected chi connectivity index (χ4v) is 3.91. The molecule has 0 aromatic carbocycles. The van der Waals surface area contributed by atoms with Crippen LogP contribution in [0.4, 0.5) is 4.79 Å². The summed E-state index contributed by atoms with van der Waals surface area (Å²) >= 11 is 0. The van der Waals surface area contributed by atoms with Crippen molar-refractivity contribution in [3.63, 3.8) is 0 Å². The Kier molecular flexibility index (Phi) is 7.04. The summed E-state index contributed by atoms with van der Waals surface area (Å²) in [6.07, 6.45) is 5.93. The lowest BCUT2D eigenvalue weighted by molar-refractivity contribution is 0.0209. The van der Waals surface area contributed by atoms with Crippen LogP contribution in [-0.4, -0.2) is 71.7 Å². The normalized spacial score (nSPS) is 18.9. The van der Waals surface area contributed by atoms with E-state index >= 15 is 0 Å². The van der Waals surface area contributed by atoms with Crippen LogP contribution in [0.2, 0.25) is 0 Å². The molecule has 0 radical (unpaired) electrons. The molecule has 2 fully saturated rings. The molecular formula is C20H30N4O3. The monoisotopic (exact) mass is 374 g/mol. The highest BCUT2D eigenvalue weighted by Crippen LogP contribution is 2.24.